The number of aromatic hydroxyl groups is 2. The Labute approximate surface area is 213 Å². The van der Waals surface area contributed by atoms with Crippen molar-refractivity contribution in [1.82, 2.24) is 4.90 Å². The van der Waals surface area contributed by atoms with Crippen LogP contribution in [0.15, 0.2) is 54.6 Å². The number of phenolic OH excluding ortho intramolecular Hbond substituents is 2. The number of nitrogens with zero attached hydrogens (tertiary/aromatic N) is 1. The molecule has 2 N–H and O–H groups in total. The average molecular weight is 512 g/mol. The Morgan fingerprint density at radius 2 is 1.84 bits per heavy atom. The molecule has 1 fully saturated rings. The van der Waals surface area contributed by atoms with Gasteiger partial charge in [-0.3, -0.25) is 9.29 Å². The van der Waals surface area contributed by atoms with Gasteiger partial charge in [0.25, 0.3) is 0 Å². The van der Waals surface area contributed by atoms with Crippen LogP contribution in [-0.2, 0) is 0 Å². The van der Waals surface area contributed by atoms with E-state index in [0.717, 1.165) is 37.7 Å². The van der Waals surface area contributed by atoms with Crippen LogP contribution >= 0.6 is 0 Å². The number of fused-ring (bicyclic) bond motifs is 1. The van der Waals surface area contributed by atoms with Crippen molar-refractivity contribution in [2.75, 3.05) is 32.9 Å². The fraction of sp³-hybridized carbons (Fsp3) is 0.310. The molecule has 8 heteroatoms. The molecule has 0 radical (unpaired) electrons. The molecule has 37 heavy (non-hydrogen) atoms. The van der Waals surface area contributed by atoms with E-state index in [4.69, 9.17) is 9.47 Å². The Morgan fingerprint density at radius 3 is 2.54 bits per heavy atom. The standard InChI is InChI=1S/C29H28F3NO4/c1-17-23-14-21(34)4-7-26(23)37-29(27(17)20-12-24(31)28(32)25(35)13-20)19-2-5-22(6-3-19)36-11-10-33-9-8-18(15-30)16-33/h2-7,12-14,18,29,34-35H,8-11,15-16H2,1H3. The molecule has 0 saturated carbocycles. The summed E-state index contributed by atoms with van der Waals surface area (Å²) in [7, 11) is 0. The summed E-state index contributed by atoms with van der Waals surface area (Å²) >= 11 is 0. The summed E-state index contributed by atoms with van der Waals surface area (Å²) in [6.07, 6.45) is 0.193. The molecule has 3 aromatic carbocycles. The SMILES string of the molecule is CC1=C(c2cc(O)c(F)c(F)c2)C(c2ccc(OCCN3CCC(CF)C3)cc2)Oc2ccc(O)cc21. The smallest absolute Gasteiger partial charge is 0.200 e. The van der Waals surface area contributed by atoms with Gasteiger partial charge in [0.1, 0.15) is 30.0 Å². The molecule has 0 aliphatic carbocycles. The summed E-state index contributed by atoms with van der Waals surface area (Å²) in [4.78, 5) is 2.20. The molecule has 194 valence electrons. The highest BCUT2D eigenvalue weighted by molar-refractivity contribution is 5.96. The van der Waals surface area contributed by atoms with E-state index in [2.05, 4.69) is 4.90 Å². The van der Waals surface area contributed by atoms with Crippen LogP contribution in [0.2, 0.25) is 0 Å². The highest BCUT2D eigenvalue weighted by atomic mass is 19.2. The maximum Gasteiger partial charge on any atom is 0.200 e. The van der Waals surface area contributed by atoms with E-state index in [1.807, 2.05) is 31.2 Å². The van der Waals surface area contributed by atoms with Gasteiger partial charge in [-0.1, -0.05) is 12.1 Å². The van der Waals surface area contributed by atoms with Crippen LogP contribution in [0.4, 0.5) is 13.2 Å². The van der Waals surface area contributed by atoms with Crippen LogP contribution in [0.3, 0.4) is 0 Å². The van der Waals surface area contributed by atoms with E-state index in [9.17, 15) is 23.4 Å². The van der Waals surface area contributed by atoms with E-state index in [1.165, 1.54) is 12.1 Å². The zero-order chi connectivity index (χ0) is 26.1. The monoisotopic (exact) mass is 511 g/mol. The number of likely N-dealkylation sites (tertiary alicyclic amines) is 1. The summed E-state index contributed by atoms with van der Waals surface area (Å²) in [6, 6.07) is 14.2. The first-order chi connectivity index (χ1) is 17.8. The van der Waals surface area contributed by atoms with E-state index >= 15 is 0 Å². The van der Waals surface area contributed by atoms with Gasteiger partial charge in [0, 0.05) is 30.1 Å². The van der Waals surface area contributed by atoms with Crippen LogP contribution < -0.4 is 9.47 Å². The summed E-state index contributed by atoms with van der Waals surface area (Å²) in [5, 5.41) is 20.0. The van der Waals surface area contributed by atoms with E-state index < -0.39 is 23.5 Å². The molecule has 2 aliphatic rings. The zero-order valence-electron chi connectivity index (χ0n) is 20.4. The van der Waals surface area contributed by atoms with Crippen LogP contribution in [0.5, 0.6) is 23.0 Å². The van der Waals surface area contributed by atoms with Crippen molar-refractivity contribution in [3.8, 4) is 23.0 Å². The second-order valence-corrected chi connectivity index (χ2v) is 9.54. The molecule has 0 bridgehead atoms. The van der Waals surface area contributed by atoms with Crippen LogP contribution in [-0.4, -0.2) is 48.0 Å². The van der Waals surface area contributed by atoms with E-state index in [1.54, 1.807) is 12.1 Å². The van der Waals surface area contributed by atoms with E-state index in [0.29, 0.717) is 34.8 Å². The zero-order valence-corrected chi connectivity index (χ0v) is 20.4. The number of ether oxygens (including phenoxy) is 2. The minimum absolute atomic E-state index is 0.0447. The van der Waals surface area contributed by atoms with Gasteiger partial charge >= 0.3 is 0 Å². The molecule has 0 spiro atoms. The van der Waals surface area contributed by atoms with Gasteiger partial charge in [0.2, 0.25) is 0 Å². The van der Waals surface area contributed by atoms with Crippen molar-refractivity contribution < 1.29 is 32.9 Å². The first-order valence-electron chi connectivity index (χ1n) is 12.2. The number of halogens is 3. The van der Waals surface area contributed by atoms with E-state index in [-0.39, 0.29) is 23.9 Å². The Bertz CT molecular complexity index is 1300. The number of alkyl halides is 1. The molecule has 3 aromatic rings. The summed E-state index contributed by atoms with van der Waals surface area (Å²) < 4.78 is 53.1. The minimum atomic E-state index is -1.32. The fourth-order valence-electron chi connectivity index (χ4n) is 5.05. The van der Waals surface area contributed by atoms with Crippen molar-refractivity contribution in [2.24, 2.45) is 5.92 Å². The molecule has 5 rings (SSSR count). The van der Waals surface area contributed by atoms with Crippen molar-refractivity contribution >= 4 is 11.1 Å². The van der Waals surface area contributed by atoms with Crippen molar-refractivity contribution in [3.05, 3.63) is 82.9 Å². The molecule has 2 unspecified atom stereocenters. The highest BCUT2D eigenvalue weighted by Gasteiger charge is 2.31. The Morgan fingerprint density at radius 1 is 1.05 bits per heavy atom. The topological polar surface area (TPSA) is 62.2 Å². The molecule has 5 nitrogen and oxygen atoms in total. The number of hydrogen-bond donors (Lipinski definition) is 2. The molecule has 2 atom stereocenters. The van der Waals surface area contributed by atoms with Gasteiger partial charge in [0.15, 0.2) is 17.4 Å². The van der Waals surface area contributed by atoms with Crippen molar-refractivity contribution in [3.63, 3.8) is 0 Å². The maximum absolute atomic E-state index is 14.3. The average Bonchev–Trinajstić information content (AvgIpc) is 3.36. The third kappa shape index (κ3) is 5.11. The summed E-state index contributed by atoms with van der Waals surface area (Å²) in [5.41, 5.74) is 2.87. The van der Waals surface area contributed by atoms with Gasteiger partial charge in [0.05, 0.1) is 6.67 Å². The van der Waals surface area contributed by atoms with Crippen LogP contribution in [0, 0.1) is 17.6 Å². The Balaban J connectivity index is 1.41. The van der Waals surface area contributed by atoms with Gasteiger partial charge in [-0.2, -0.15) is 4.39 Å². The number of phenols is 2. The highest BCUT2D eigenvalue weighted by Crippen LogP contribution is 2.48. The molecule has 2 heterocycles. The van der Waals surface area contributed by atoms with Gasteiger partial charge in [-0.25, -0.2) is 4.39 Å². The van der Waals surface area contributed by atoms with Gasteiger partial charge in [-0.05, 0) is 79.1 Å². The molecule has 1 saturated heterocycles. The molecule has 2 aliphatic heterocycles. The summed E-state index contributed by atoms with van der Waals surface area (Å²) in [5.74, 6) is -1.92. The van der Waals surface area contributed by atoms with Gasteiger partial charge < -0.3 is 19.7 Å². The van der Waals surface area contributed by atoms with Gasteiger partial charge in [-0.15, -0.1) is 0 Å². The first kappa shape index (κ1) is 25.0. The maximum atomic E-state index is 14.3. The fourth-order valence-corrected chi connectivity index (χ4v) is 5.05. The van der Waals surface area contributed by atoms with Crippen LogP contribution in [0.1, 0.15) is 36.1 Å². The lowest BCUT2D eigenvalue weighted by Crippen LogP contribution is -2.26. The second kappa shape index (κ2) is 10.4. The lowest BCUT2D eigenvalue weighted by molar-refractivity contribution is 0.228. The molecular weight excluding hydrogens is 483 g/mol. The number of allylic oxidation sites excluding steroid dienone is 1. The molecular formula is C29H28F3NO4. The van der Waals surface area contributed by atoms with Crippen molar-refractivity contribution in [2.45, 2.75) is 19.4 Å². The Hall–Kier alpha value is -3.65. The normalized spacial score (nSPS) is 19.6. The number of benzene rings is 3. The Kier molecular flexibility index (Phi) is 7.02. The predicted molar refractivity (Wildman–Crippen MR) is 134 cm³/mol. The quantitative estimate of drug-likeness (QED) is 0.401. The third-order valence-electron chi connectivity index (χ3n) is 7.05. The number of hydrogen-bond acceptors (Lipinski definition) is 5. The number of rotatable bonds is 7. The van der Waals surface area contributed by atoms with Crippen LogP contribution in [0.25, 0.3) is 11.1 Å². The van der Waals surface area contributed by atoms with Crippen molar-refractivity contribution in [1.29, 1.82) is 0 Å². The largest absolute Gasteiger partial charge is 0.508 e. The third-order valence-corrected chi connectivity index (χ3v) is 7.05. The first-order valence-corrected chi connectivity index (χ1v) is 12.2. The lowest BCUT2D eigenvalue weighted by atomic mass is 9.86. The molecule has 0 aromatic heterocycles. The predicted octanol–water partition coefficient (Wildman–Crippen LogP) is 6.11. The second-order valence-electron chi connectivity index (χ2n) is 9.54. The molecule has 0 amide bonds. The lowest BCUT2D eigenvalue weighted by Gasteiger charge is -2.31. The minimum Gasteiger partial charge on any atom is -0.508 e. The summed E-state index contributed by atoms with van der Waals surface area (Å²) in [6.45, 7) is 4.36.